The quantitative estimate of drug-likeness (QED) is 0.714. The molecule has 0 saturated carbocycles. The highest BCUT2D eigenvalue weighted by atomic mass is 14.9. The molecule has 3 aromatic rings. The summed E-state index contributed by atoms with van der Waals surface area (Å²) in [7, 11) is 0. The van der Waals surface area contributed by atoms with E-state index in [1.807, 2.05) is 6.92 Å². The first-order chi connectivity index (χ1) is 9.63. The van der Waals surface area contributed by atoms with Gasteiger partial charge in [-0.05, 0) is 20.8 Å². The third-order valence-electron chi connectivity index (χ3n) is 3.49. The molecule has 1 N–H and O–H groups in total. The van der Waals surface area contributed by atoms with Gasteiger partial charge < -0.3 is 4.98 Å². The normalized spacial score (nSPS) is 10.8. The molecule has 3 rings (SSSR count). The van der Waals surface area contributed by atoms with Gasteiger partial charge in [0.2, 0.25) is 0 Å². The SMILES string of the molecule is Cc1ccc(-c2nc(C)[nH]c2-c2ccc(C)cc2)cc1. The number of nitrogens with one attached hydrogen (secondary N) is 1. The van der Waals surface area contributed by atoms with E-state index < -0.39 is 0 Å². The third-order valence-corrected chi connectivity index (χ3v) is 3.49. The molecule has 0 aliphatic carbocycles. The van der Waals surface area contributed by atoms with Crippen LogP contribution in [0.25, 0.3) is 22.5 Å². The maximum Gasteiger partial charge on any atom is 0.104 e. The molecule has 0 saturated heterocycles. The Labute approximate surface area is 119 Å². The Morgan fingerprint density at radius 1 is 0.700 bits per heavy atom. The van der Waals surface area contributed by atoms with Crippen molar-refractivity contribution < 1.29 is 0 Å². The first-order valence-corrected chi connectivity index (χ1v) is 6.84. The van der Waals surface area contributed by atoms with E-state index in [9.17, 15) is 0 Å². The molecule has 0 aliphatic heterocycles. The summed E-state index contributed by atoms with van der Waals surface area (Å²) in [5.74, 6) is 0.941. The van der Waals surface area contributed by atoms with Crippen LogP contribution in [0.4, 0.5) is 0 Å². The summed E-state index contributed by atoms with van der Waals surface area (Å²) in [6.45, 7) is 6.19. The Kier molecular flexibility index (Phi) is 3.15. The van der Waals surface area contributed by atoms with Crippen LogP contribution in [0, 0.1) is 20.8 Å². The number of aromatic amines is 1. The van der Waals surface area contributed by atoms with Crippen LogP contribution in [-0.4, -0.2) is 9.97 Å². The minimum atomic E-state index is 0.941. The van der Waals surface area contributed by atoms with Crippen molar-refractivity contribution in [1.29, 1.82) is 0 Å². The Morgan fingerprint density at radius 2 is 1.20 bits per heavy atom. The lowest BCUT2D eigenvalue weighted by atomic mass is 10.0. The molecule has 2 heteroatoms. The molecule has 0 spiro atoms. The van der Waals surface area contributed by atoms with Crippen LogP contribution in [0.1, 0.15) is 17.0 Å². The highest BCUT2D eigenvalue weighted by Crippen LogP contribution is 2.30. The summed E-state index contributed by atoms with van der Waals surface area (Å²) in [6.07, 6.45) is 0. The lowest BCUT2D eigenvalue weighted by Gasteiger charge is -2.04. The first kappa shape index (κ1) is 12.7. The predicted octanol–water partition coefficient (Wildman–Crippen LogP) is 4.67. The maximum absolute atomic E-state index is 4.65. The zero-order valence-corrected chi connectivity index (χ0v) is 12.1. The van der Waals surface area contributed by atoms with Crippen LogP contribution in [0.15, 0.2) is 48.5 Å². The number of imidazole rings is 1. The van der Waals surface area contributed by atoms with Gasteiger partial charge in [-0.2, -0.15) is 0 Å². The number of hydrogen-bond donors (Lipinski definition) is 1. The molecule has 0 amide bonds. The van der Waals surface area contributed by atoms with Crippen molar-refractivity contribution >= 4 is 0 Å². The van der Waals surface area contributed by atoms with E-state index in [2.05, 4.69) is 72.3 Å². The minimum absolute atomic E-state index is 0.941. The van der Waals surface area contributed by atoms with Crippen molar-refractivity contribution in [3.8, 4) is 22.5 Å². The van der Waals surface area contributed by atoms with Crippen LogP contribution in [-0.2, 0) is 0 Å². The molecule has 0 atom stereocenters. The van der Waals surface area contributed by atoms with Crippen LogP contribution in [0.2, 0.25) is 0 Å². The number of hydrogen-bond acceptors (Lipinski definition) is 1. The molecule has 1 aromatic heterocycles. The first-order valence-electron chi connectivity index (χ1n) is 6.84. The fourth-order valence-corrected chi connectivity index (χ4v) is 2.34. The summed E-state index contributed by atoms with van der Waals surface area (Å²) in [5, 5.41) is 0. The second-order valence-corrected chi connectivity index (χ2v) is 5.28. The number of rotatable bonds is 2. The van der Waals surface area contributed by atoms with Crippen molar-refractivity contribution in [3.63, 3.8) is 0 Å². The van der Waals surface area contributed by atoms with Gasteiger partial charge in [0.1, 0.15) is 5.82 Å². The molecule has 0 aliphatic rings. The second kappa shape index (κ2) is 4.97. The van der Waals surface area contributed by atoms with E-state index in [4.69, 9.17) is 0 Å². The zero-order chi connectivity index (χ0) is 14.1. The number of aryl methyl sites for hydroxylation is 3. The van der Waals surface area contributed by atoms with Crippen LogP contribution >= 0.6 is 0 Å². The monoisotopic (exact) mass is 262 g/mol. The molecular formula is C18H18N2. The fourth-order valence-electron chi connectivity index (χ4n) is 2.34. The highest BCUT2D eigenvalue weighted by molar-refractivity contribution is 5.78. The van der Waals surface area contributed by atoms with Gasteiger partial charge in [-0.15, -0.1) is 0 Å². The van der Waals surface area contributed by atoms with Crippen molar-refractivity contribution in [2.45, 2.75) is 20.8 Å². The van der Waals surface area contributed by atoms with Crippen molar-refractivity contribution in [2.75, 3.05) is 0 Å². The van der Waals surface area contributed by atoms with E-state index in [1.54, 1.807) is 0 Å². The highest BCUT2D eigenvalue weighted by Gasteiger charge is 2.12. The fraction of sp³-hybridized carbons (Fsp3) is 0.167. The molecule has 100 valence electrons. The van der Waals surface area contributed by atoms with E-state index in [1.165, 1.54) is 16.7 Å². The molecule has 0 unspecified atom stereocenters. The smallest absolute Gasteiger partial charge is 0.104 e. The van der Waals surface area contributed by atoms with Gasteiger partial charge >= 0.3 is 0 Å². The molecular weight excluding hydrogens is 244 g/mol. The molecule has 20 heavy (non-hydrogen) atoms. The number of nitrogens with zero attached hydrogens (tertiary/aromatic N) is 1. The molecule has 0 fully saturated rings. The summed E-state index contributed by atoms with van der Waals surface area (Å²) < 4.78 is 0. The van der Waals surface area contributed by atoms with Gasteiger partial charge in [0.25, 0.3) is 0 Å². The molecule has 2 nitrogen and oxygen atoms in total. The Balaban J connectivity index is 2.12. The van der Waals surface area contributed by atoms with E-state index in [-0.39, 0.29) is 0 Å². The maximum atomic E-state index is 4.65. The van der Waals surface area contributed by atoms with Gasteiger partial charge in [-0.1, -0.05) is 59.7 Å². The lowest BCUT2D eigenvalue weighted by Crippen LogP contribution is -1.84. The van der Waals surface area contributed by atoms with Crippen molar-refractivity contribution in [3.05, 3.63) is 65.5 Å². The summed E-state index contributed by atoms with van der Waals surface area (Å²) >= 11 is 0. The van der Waals surface area contributed by atoms with Gasteiger partial charge in [0, 0.05) is 11.1 Å². The van der Waals surface area contributed by atoms with Gasteiger partial charge in [0.05, 0.1) is 11.4 Å². The topological polar surface area (TPSA) is 28.7 Å². The van der Waals surface area contributed by atoms with Crippen LogP contribution in [0.5, 0.6) is 0 Å². The summed E-state index contributed by atoms with van der Waals surface area (Å²) in [5.41, 5.74) is 6.96. The lowest BCUT2D eigenvalue weighted by molar-refractivity contribution is 1.15. The van der Waals surface area contributed by atoms with Gasteiger partial charge in [0.15, 0.2) is 0 Å². The largest absolute Gasteiger partial charge is 0.342 e. The number of benzene rings is 2. The Bertz CT molecular complexity index is 656. The average molecular weight is 262 g/mol. The number of aromatic nitrogens is 2. The number of H-pyrrole nitrogens is 1. The zero-order valence-electron chi connectivity index (χ0n) is 12.1. The predicted molar refractivity (Wildman–Crippen MR) is 83.7 cm³/mol. The second-order valence-electron chi connectivity index (χ2n) is 5.28. The summed E-state index contributed by atoms with van der Waals surface area (Å²) in [4.78, 5) is 8.04. The van der Waals surface area contributed by atoms with Gasteiger partial charge in [-0.25, -0.2) is 4.98 Å². The molecule has 0 bridgehead atoms. The standard InChI is InChI=1S/C18H18N2/c1-12-4-8-15(9-5-12)17-18(20-14(3)19-17)16-10-6-13(2)7-11-16/h4-11H,1-3H3,(H,19,20). The molecule has 2 aromatic carbocycles. The van der Waals surface area contributed by atoms with Crippen LogP contribution < -0.4 is 0 Å². The van der Waals surface area contributed by atoms with E-state index in [0.29, 0.717) is 0 Å². The van der Waals surface area contributed by atoms with Gasteiger partial charge in [-0.3, -0.25) is 0 Å². The summed E-state index contributed by atoms with van der Waals surface area (Å²) in [6, 6.07) is 17.0. The molecule has 0 radical (unpaired) electrons. The van der Waals surface area contributed by atoms with E-state index >= 15 is 0 Å². The van der Waals surface area contributed by atoms with Crippen LogP contribution in [0.3, 0.4) is 0 Å². The average Bonchev–Trinajstić information content (AvgIpc) is 2.82. The molecule has 1 heterocycles. The van der Waals surface area contributed by atoms with Crippen molar-refractivity contribution in [1.82, 2.24) is 9.97 Å². The Hall–Kier alpha value is -2.35. The Morgan fingerprint density at radius 3 is 1.75 bits per heavy atom. The van der Waals surface area contributed by atoms with Crippen molar-refractivity contribution in [2.24, 2.45) is 0 Å². The van der Waals surface area contributed by atoms with E-state index in [0.717, 1.165) is 22.8 Å². The third kappa shape index (κ3) is 2.37. The minimum Gasteiger partial charge on any atom is -0.342 e.